The fraction of sp³-hybridized carbons (Fsp3) is 0.250. The number of ether oxygens (including phenoxy) is 1. The summed E-state index contributed by atoms with van der Waals surface area (Å²) in [5.41, 5.74) is 4.12. The highest BCUT2D eigenvalue weighted by atomic mass is 32.2. The predicted octanol–water partition coefficient (Wildman–Crippen LogP) is 4.74. The molecule has 0 saturated carbocycles. The van der Waals surface area contributed by atoms with Gasteiger partial charge in [-0.1, -0.05) is 78.0 Å². The van der Waals surface area contributed by atoms with E-state index in [-0.39, 0.29) is 11.7 Å². The standard InChI is InChI=1S/C28H29N5O2S/c1-22-12-14-25(15-13-22)33-27(31-16-18-35-19-17-31)29-30-28(33)36-21-26(34)32(24-10-6-3-7-11-24)20-23-8-4-2-5-9-23/h2-15H,16-21H2,1H3. The first-order valence-electron chi connectivity index (χ1n) is 12.1. The summed E-state index contributed by atoms with van der Waals surface area (Å²) in [7, 11) is 0. The molecule has 8 heteroatoms. The Labute approximate surface area is 215 Å². The molecule has 1 aliphatic heterocycles. The van der Waals surface area contributed by atoms with E-state index in [2.05, 4.69) is 46.3 Å². The van der Waals surface area contributed by atoms with E-state index in [1.807, 2.05) is 70.1 Å². The van der Waals surface area contributed by atoms with E-state index in [1.165, 1.54) is 17.3 Å². The minimum atomic E-state index is 0.0152. The summed E-state index contributed by atoms with van der Waals surface area (Å²) in [6, 6.07) is 28.2. The molecule has 0 radical (unpaired) electrons. The van der Waals surface area contributed by atoms with Gasteiger partial charge in [-0.25, -0.2) is 0 Å². The van der Waals surface area contributed by atoms with Crippen LogP contribution in [0.4, 0.5) is 11.6 Å². The fourth-order valence-corrected chi connectivity index (χ4v) is 4.97. The van der Waals surface area contributed by atoms with Gasteiger partial charge in [0.1, 0.15) is 0 Å². The molecule has 2 heterocycles. The Morgan fingerprint density at radius 1 is 0.917 bits per heavy atom. The Morgan fingerprint density at radius 2 is 1.58 bits per heavy atom. The third-order valence-electron chi connectivity index (χ3n) is 6.08. The van der Waals surface area contributed by atoms with Crippen LogP contribution in [0, 0.1) is 6.92 Å². The zero-order valence-electron chi connectivity index (χ0n) is 20.3. The van der Waals surface area contributed by atoms with Crippen molar-refractivity contribution >= 4 is 29.3 Å². The van der Waals surface area contributed by atoms with Crippen LogP contribution in [0.5, 0.6) is 0 Å². The molecule has 3 aromatic carbocycles. The molecule has 0 spiro atoms. The van der Waals surface area contributed by atoms with Crippen molar-refractivity contribution in [1.29, 1.82) is 0 Å². The Balaban J connectivity index is 1.40. The summed E-state index contributed by atoms with van der Waals surface area (Å²) in [6.07, 6.45) is 0. The van der Waals surface area contributed by atoms with Crippen LogP contribution in [0.15, 0.2) is 90.1 Å². The van der Waals surface area contributed by atoms with Gasteiger partial charge in [-0.05, 0) is 36.8 Å². The van der Waals surface area contributed by atoms with E-state index in [4.69, 9.17) is 4.74 Å². The molecule has 0 atom stereocenters. The molecule has 1 amide bonds. The SMILES string of the molecule is Cc1ccc(-n2c(SCC(=O)N(Cc3ccccc3)c3ccccc3)nnc2N2CCOCC2)cc1. The van der Waals surface area contributed by atoms with Crippen LogP contribution in [-0.4, -0.2) is 52.7 Å². The quantitative estimate of drug-likeness (QED) is 0.327. The lowest BCUT2D eigenvalue weighted by Crippen LogP contribution is -2.38. The first-order chi connectivity index (χ1) is 17.7. The number of carbonyl (C=O) groups excluding carboxylic acids is 1. The van der Waals surface area contributed by atoms with Crippen LogP contribution < -0.4 is 9.80 Å². The van der Waals surface area contributed by atoms with E-state index in [0.717, 1.165) is 36.0 Å². The molecule has 36 heavy (non-hydrogen) atoms. The first-order valence-corrected chi connectivity index (χ1v) is 13.0. The molecule has 1 fully saturated rings. The van der Waals surface area contributed by atoms with Crippen LogP contribution >= 0.6 is 11.8 Å². The predicted molar refractivity (Wildman–Crippen MR) is 144 cm³/mol. The molecule has 1 aliphatic rings. The largest absolute Gasteiger partial charge is 0.378 e. The topological polar surface area (TPSA) is 63.5 Å². The third-order valence-corrected chi connectivity index (χ3v) is 6.99. The number of anilines is 2. The Bertz CT molecular complexity index is 1270. The Hall–Kier alpha value is -3.62. The second-order valence-corrected chi connectivity index (χ2v) is 9.59. The molecule has 1 aromatic heterocycles. The Kier molecular flexibility index (Phi) is 7.64. The molecule has 184 valence electrons. The van der Waals surface area contributed by atoms with Gasteiger partial charge in [0.25, 0.3) is 0 Å². The molecule has 4 aromatic rings. The van der Waals surface area contributed by atoms with Gasteiger partial charge in [-0.15, -0.1) is 10.2 Å². The van der Waals surface area contributed by atoms with Crippen molar-refractivity contribution in [1.82, 2.24) is 14.8 Å². The van der Waals surface area contributed by atoms with Crippen molar-refractivity contribution in [2.75, 3.05) is 41.9 Å². The van der Waals surface area contributed by atoms with E-state index in [0.29, 0.717) is 24.9 Å². The number of hydrogen-bond acceptors (Lipinski definition) is 6. The number of nitrogens with zero attached hydrogens (tertiary/aromatic N) is 5. The van der Waals surface area contributed by atoms with E-state index < -0.39 is 0 Å². The van der Waals surface area contributed by atoms with E-state index in [1.54, 1.807) is 0 Å². The molecular weight excluding hydrogens is 470 g/mol. The summed E-state index contributed by atoms with van der Waals surface area (Å²) in [6.45, 7) is 5.41. The molecular formula is C28H29N5O2S. The van der Waals surface area contributed by atoms with Gasteiger partial charge in [0.05, 0.1) is 31.2 Å². The maximum atomic E-state index is 13.5. The van der Waals surface area contributed by atoms with Crippen molar-refractivity contribution in [3.63, 3.8) is 0 Å². The summed E-state index contributed by atoms with van der Waals surface area (Å²) >= 11 is 1.41. The minimum Gasteiger partial charge on any atom is -0.378 e. The van der Waals surface area contributed by atoms with Crippen molar-refractivity contribution in [2.45, 2.75) is 18.6 Å². The average molecular weight is 500 g/mol. The van der Waals surface area contributed by atoms with Crippen LogP contribution in [0.2, 0.25) is 0 Å². The fourth-order valence-electron chi connectivity index (χ4n) is 4.15. The number of amides is 1. The van der Waals surface area contributed by atoms with Gasteiger partial charge in [0.2, 0.25) is 11.9 Å². The van der Waals surface area contributed by atoms with Crippen LogP contribution in [-0.2, 0) is 16.1 Å². The van der Waals surface area contributed by atoms with Gasteiger partial charge in [-0.3, -0.25) is 9.36 Å². The minimum absolute atomic E-state index is 0.0152. The summed E-state index contributed by atoms with van der Waals surface area (Å²) in [4.78, 5) is 17.6. The number of carbonyl (C=O) groups is 1. The summed E-state index contributed by atoms with van der Waals surface area (Å²) in [5, 5.41) is 9.72. The molecule has 1 saturated heterocycles. The number of aryl methyl sites for hydroxylation is 1. The van der Waals surface area contributed by atoms with Crippen LogP contribution in [0.3, 0.4) is 0 Å². The number of para-hydroxylation sites is 1. The van der Waals surface area contributed by atoms with Crippen molar-refractivity contribution in [3.8, 4) is 5.69 Å². The molecule has 0 bridgehead atoms. The second kappa shape index (κ2) is 11.4. The zero-order valence-corrected chi connectivity index (χ0v) is 21.1. The van der Waals surface area contributed by atoms with Gasteiger partial charge >= 0.3 is 0 Å². The number of morpholine rings is 1. The van der Waals surface area contributed by atoms with Crippen LogP contribution in [0.25, 0.3) is 5.69 Å². The third kappa shape index (κ3) is 5.61. The average Bonchev–Trinajstić information content (AvgIpc) is 3.36. The highest BCUT2D eigenvalue weighted by molar-refractivity contribution is 7.99. The number of hydrogen-bond donors (Lipinski definition) is 0. The number of thioether (sulfide) groups is 1. The lowest BCUT2D eigenvalue weighted by Gasteiger charge is -2.28. The summed E-state index contributed by atoms with van der Waals surface area (Å²) in [5.74, 6) is 1.04. The molecule has 0 aliphatic carbocycles. The molecule has 5 rings (SSSR count). The number of benzene rings is 3. The Morgan fingerprint density at radius 3 is 2.28 bits per heavy atom. The second-order valence-electron chi connectivity index (χ2n) is 8.64. The highest BCUT2D eigenvalue weighted by Gasteiger charge is 2.24. The van der Waals surface area contributed by atoms with Crippen molar-refractivity contribution in [3.05, 3.63) is 96.1 Å². The van der Waals surface area contributed by atoms with Gasteiger partial charge in [0.15, 0.2) is 5.16 Å². The van der Waals surface area contributed by atoms with E-state index >= 15 is 0 Å². The maximum absolute atomic E-state index is 13.5. The summed E-state index contributed by atoms with van der Waals surface area (Å²) < 4.78 is 7.58. The zero-order chi connectivity index (χ0) is 24.7. The maximum Gasteiger partial charge on any atom is 0.237 e. The van der Waals surface area contributed by atoms with Crippen molar-refractivity contribution in [2.24, 2.45) is 0 Å². The van der Waals surface area contributed by atoms with Gasteiger partial charge in [-0.2, -0.15) is 0 Å². The first kappa shape index (κ1) is 24.1. The lowest BCUT2D eigenvalue weighted by atomic mass is 10.2. The number of rotatable bonds is 8. The van der Waals surface area contributed by atoms with Gasteiger partial charge in [0, 0.05) is 18.8 Å². The van der Waals surface area contributed by atoms with Crippen molar-refractivity contribution < 1.29 is 9.53 Å². The molecule has 0 unspecified atom stereocenters. The number of aromatic nitrogens is 3. The molecule has 7 nitrogen and oxygen atoms in total. The lowest BCUT2D eigenvalue weighted by molar-refractivity contribution is -0.116. The highest BCUT2D eigenvalue weighted by Crippen LogP contribution is 2.28. The monoisotopic (exact) mass is 499 g/mol. The van der Waals surface area contributed by atoms with Gasteiger partial charge < -0.3 is 14.5 Å². The smallest absolute Gasteiger partial charge is 0.237 e. The molecule has 0 N–H and O–H groups in total. The van der Waals surface area contributed by atoms with Crippen LogP contribution in [0.1, 0.15) is 11.1 Å². The van der Waals surface area contributed by atoms with E-state index in [9.17, 15) is 4.79 Å². The normalized spacial score (nSPS) is 13.5.